The zero-order valence-corrected chi connectivity index (χ0v) is 10.9. The highest BCUT2D eigenvalue weighted by molar-refractivity contribution is 5.31. The normalized spacial score (nSPS) is 27.8. The minimum atomic E-state index is -0.764. The number of hydrogen-bond acceptors (Lipinski definition) is 3. The molecule has 18 heavy (non-hydrogen) atoms. The largest absolute Gasteiger partial charge is 0.354 e. The number of halogens is 1. The van der Waals surface area contributed by atoms with Crippen LogP contribution in [-0.2, 0) is 0 Å². The van der Waals surface area contributed by atoms with Crippen LogP contribution in [0.4, 0.5) is 4.39 Å². The minimum Gasteiger partial charge on any atom is -0.354 e. The summed E-state index contributed by atoms with van der Waals surface area (Å²) in [5, 5.41) is 0. The lowest BCUT2D eigenvalue weighted by atomic mass is 9.85. The molecule has 0 bridgehead atoms. The molecule has 0 saturated carbocycles. The van der Waals surface area contributed by atoms with Crippen molar-refractivity contribution in [1.82, 2.24) is 15.8 Å². The average molecular weight is 249 g/mol. The van der Waals surface area contributed by atoms with Crippen LogP contribution in [0.5, 0.6) is 0 Å². The van der Waals surface area contributed by atoms with Gasteiger partial charge in [0.2, 0.25) is 0 Å². The molecule has 1 saturated heterocycles. The van der Waals surface area contributed by atoms with Gasteiger partial charge >= 0.3 is 0 Å². The van der Waals surface area contributed by atoms with E-state index in [1.807, 2.05) is 17.1 Å². The van der Waals surface area contributed by atoms with E-state index in [9.17, 15) is 4.39 Å². The van der Waals surface area contributed by atoms with Gasteiger partial charge in [0.15, 0.2) is 0 Å². The van der Waals surface area contributed by atoms with E-state index in [-0.39, 0.29) is 5.92 Å². The summed E-state index contributed by atoms with van der Waals surface area (Å²) in [4.78, 5) is 2.03. The molecule has 0 aliphatic carbocycles. The van der Waals surface area contributed by atoms with Crippen LogP contribution < -0.4 is 10.9 Å². The quantitative estimate of drug-likeness (QED) is 0.730. The van der Waals surface area contributed by atoms with Crippen molar-refractivity contribution in [2.75, 3.05) is 13.1 Å². The summed E-state index contributed by atoms with van der Waals surface area (Å²) in [6.07, 6.45) is 9.13. The van der Waals surface area contributed by atoms with E-state index in [2.05, 4.69) is 30.6 Å². The Bertz CT molecular complexity index is 406. The molecule has 0 radical (unpaired) electrons. The molecule has 98 valence electrons. The third kappa shape index (κ3) is 2.61. The van der Waals surface area contributed by atoms with Gasteiger partial charge in [-0.05, 0) is 30.4 Å². The second-order valence-corrected chi connectivity index (χ2v) is 5.19. The second kappa shape index (κ2) is 5.34. The Labute approximate surface area is 108 Å². The number of rotatable bonds is 2. The molecule has 1 fully saturated rings. The number of nitrogens with zero attached hydrogens (tertiary/aromatic N) is 1. The molecule has 2 N–H and O–H groups in total. The van der Waals surface area contributed by atoms with Gasteiger partial charge in [0.1, 0.15) is 17.7 Å². The number of hydrazine groups is 1. The maximum absolute atomic E-state index is 14.1. The smallest absolute Gasteiger partial charge is 0.121 e. The second-order valence-electron chi connectivity index (χ2n) is 5.19. The zero-order valence-electron chi connectivity index (χ0n) is 10.9. The van der Waals surface area contributed by atoms with Crippen molar-refractivity contribution < 1.29 is 4.39 Å². The third-order valence-electron chi connectivity index (χ3n) is 3.68. The molecule has 0 aromatic carbocycles. The molecule has 2 heterocycles. The number of likely N-dealkylation sites (tertiary alicyclic amines) is 1. The first-order valence-electron chi connectivity index (χ1n) is 6.41. The molecule has 0 unspecified atom stereocenters. The molecule has 0 spiro atoms. The van der Waals surface area contributed by atoms with Crippen molar-refractivity contribution in [2.24, 2.45) is 11.8 Å². The number of terminal acetylenes is 1. The summed E-state index contributed by atoms with van der Waals surface area (Å²) in [6, 6.07) is 0. The average Bonchev–Trinajstić information content (AvgIpc) is 2.38. The first-order valence-corrected chi connectivity index (χ1v) is 6.41. The van der Waals surface area contributed by atoms with Gasteiger partial charge in [-0.15, -0.1) is 6.42 Å². The predicted molar refractivity (Wildman–Crippen MR) is 70.7 cm³/mol. The van der Waals surface area contributed by atoms with Gasteiger partial charge < -0.3 is 4.90 Å². The SMILES string of the molecule is C#CC1=CC=C(N2CC[C@@H](C(C)C)[C@@H](F)C2)NN1. The van der Waals surface area contributed by atoms with Gasteiger partial charge in [0.25, 0.3) is 0 Å². The summed E-state index contributed by atoms with van der Waals surface area (Å²) in [5.74, 6) is 3.98. The van der Waals surface area contributed by atoms with Crippen LogP contribution in [0.1, 0.15) is 20.3 Å². The fraction of sp³-hybridized carbons (Fsp3) is 0.571. The number of nitrogens with one attached hydrogen (secondary N) is 2. The van der Waals surface area contributed by atoms with E-state index in [4.69, 9.17) is 6.42 Å². The van der Waals surface area contributed by atoms with Crippen LogP contribution in [0.25, 0.3) is 0 Å². The van der Waals surface area contributed by atoms with Crippen molar-refractivity contribution in [1.29, 1.82) is 0 Å². The number of hydrogen-bond donors (Lipinski definition) is 2. The first-order chi connectivity index (χ1) is 8.61. The number of allylic oxidation sites excluding steroid dienone is 3. The third-order valence-corrected chi connectivity index (χ3v) is 3.68. The Morgan fingerprint density at radius 1 is 1.44 bits per heavy atom. The van der Waals surface area contributed by atoms with Crippen LogP contribution in [0.3, 0.4) is 0 Å². The fourth-order valence-electron chi connectivity index (χ4n) is 2.54. The van der Waals surface area contributed by atoms with Crippen LogP contribution in [0.15, 0.2) is 23.7 Å². The van der Waals surface area contributed by atoms with Crippen LogP contribution in [0, 0.1) is 24.2 Å². The van der Waals surface area contributed by atoms with Gasteiger partial charge in [0, 0.05) is 6.54 Å². The lowest BCUT2D eigenvalue weighted by molar-refractivity contribution is 0.0744. The number of piperidine rings is 1. The predicted octanol–water partition coefficient (Wildman–Crippen LogP) is 1.77. The van der Waals surface area contributed by atoms with Crippen molar-refractivity contribution in [2.45, 2.75) is 26.4 Å². The lowest BCUT2D eigenvalue weighted by Crippen LogP contribution is -2.48. The maximum atomic E-state index is 14.1. The molecule has 2 aliphatic heterocycles. The van der Waals surface area contributed by atoms with Gasteiger partial charge in [-0.2, -0.15) is 0 Å². The summed E-state index contributed by atoms with van der Waals surface area (Å²) in [7, 11) is 0. The molecule has 0 aromatic rings. The molecule has 4 heteroatoms. The maximum Gasteiger partial charge on any atom is 0.121 e. The van der Waals surface area contributed by atoms with E-state index >= 15 is 0 Å². The summed E-state index contributed by atoms with van der Waals surface area (Å²) < 4.78 is 14.1. The van der Waals surface area contributed by atoms with E-state index in [0.29, 0.717) is 18.2 Å². The monoisotopic (exact) mass is 249 g/mol. The highest BCUT2D eigenvalue weighted by Crippen LogP contribution is 2.28. The Morgan fingerprint density at radius 3 is 2.72 bits per heavy atom. The van der Waals surface area contributed by atoms with Gasteiger partial charge in [0.05, 0.1) is 6.54 Å². The van der Waals surface area contributed by atoms with Crippen molar-refractivity contribution in [3.63, 3.8) is 0 Å². The van der Waals surface area contributed by atoms with Gasteiger partial charge in [-0.1, -0.05) is 19.8 Å². The topological polar surface area (TPSA) is 27.3 Å². The van der Waals surface area contributed by atoms with E-state index in [0.717, 1.165) is 18.8 Å². The molecule has 2 rings (SSSR count). The molecule has 2 atom stereocenters. The van der Waals surface area contributed by atoms with Crippen LogP contribution in [-0.4, -0.2) is 24.2 Å². The molecule has 0 aromatic heterocycles. The van der Waals surface area contributed by atoms with Crippen LogP contribution in [0.2, 0.25) is 0 Å². The molecule has 0 amide bonds. The molecular weight excluding hydrogens is 229 g/mol. The Hall–Kier alpha value is -1.63. The van der Waals surface area contributed by atoms with E-state index < -0.39 is 6.17 Å². The van der Waals surface area contributed by atoms with E-state index in [1.165, 1.54) is 0 Å². The standard InChI is InChI=1S/C14H20FN3/c1-4-11-5-6-14(17-16-11)18-8-7-12(10(2)3)13(15)9-18/h1,5-6,10,12-13,16-17H,7-9H2,2-3H3/t12-,13-/m0/s1. The van der Waals surface area contributed by atoms with Crippen molar-refractivity contribution in [3.05, 3.63) is 23.7 Å². The highest BCUT2D eigenvalue weighted by Gasteiger charge is 2.32. The summed E-state index contributed by atoms with van der Waals surface area (Å²) in [6.45, 7) is 5.51. The van der Waals surface area contributed by atoms with Gasteiger partial charge in [-0.25, -0.2) is 4.39 Å². The Morgan fingerprint density at radius 2 is 2.22 bits per heavy atom. The zero-order chi connectivity index (χ0) is 13.1. The Balaban J connectivity index is 2.00. The number of alkyl halides is 1. The summed E-state index contributed by atoms with van der Waals surface area (Å²) in [5.41, 5.74) is 6.61. The van der Waals surface area contributed by atoms with Crippen LogP contribution >= 0.6 is 0 Å². The lowest BCUT2D eigenvalue weighted by Gasteiger charge is -2.39. The Kier molecular flexibility index (Phi) is 3.81. The van der Waals surface area contributed by atoms with E-state index in [1.54, 1.807) is 0 Å². The molecular formula is C14H20FN3. The van der Waals surface area contributed by atoms with Gasteiger partial charge in [-0.3, -0.25) is 10.9 Å². The summed E-state index contributed by atoms with van der Waals surface area (Å²) >= 11 is 0. The van der Waals surface area contributed by atoms with Crippen molar-refractivity contribution >= 4 is 0 Å². The first kappa shape index (κ1) is 12.8. The van der Waals surface area contributed by atoms with Crippen molar-refractivity contribution in [3.8, 4) is 12.3 Å². The molecule has 3 nitrogen and oxygen atoms in total. The molecule has 2 aliphatic rings. The highest BCUT2D eigenvalue weighted by atomic mass is 19.1. The fourth-order valence-corrected chi connectivity index (χ4v) is 2.54. The minimum absolute atomic E-state index is 0.176.